The smallest absolute Gasteiger partial charge is 0.153 e. The first-order valence-corrected chi connectivity index (χ1v) is 6.58. The molecular weight excluding hydrogens is 214 g/mol. The molecule has 2 N–H and O–H groups in total. The van der Waals surface area contributed by atoms with E-state index in [1.807, 2.05) is 0 Å². The van der Waals surface area contributed by atoms with Crippen LogP contribution in [-0.4, -0.2) is 53.3 Å². The molecule has 17 heavy (non-hydrogen) atoms. The molecular formula is C12H19N5. The average Bonchev–Trinajstić information content (AvgIpc) is 2.88. The van der Waals surface area contributed by atoms with Crippen molar-refractivity contribution >= 4 is 0 Å². The van der Waals surface area contributed by atoms with Gasteiger partial charge in [-0.1, -0.05) is 0 Å². The third kappa shape index (κ3) is 1.45. The molecule has 0 radical (unpaired) electrons. The molecule has 0 amide bonds. The Morgan fingerprint density at radius 1 is 1.35 bits per heavy atom. The maximum atomic E-state index is 4.74. The van der Waals surface area contributed by atoms with Crippen molar-refractivity contribution in [2.45, 2.75) is 24.7 Å². The third-order valence-corrected chi connectivity index (χ3v) is 4.56. The summed E-state index contributed by atoms with van der Waals surface area (Å²) in [7, 11) is 2.21. The maximum Gasteiger partial charge on any atom is 0.153 e. The van der Waals surface area contributed by atoms with Crippen molar-refractivity contribution in [3.63, 3.8) is 0 Å². The number of nitrogens with zero attached hydrogens (tertiary/aromatic N) is 3. The summed E-state index contributed by atoms with van der Waals surface area (Å²) >= 11 is 0. The molecule has 1 aliphatic carbocycles. The van der Waals surface area contributed by atoms with Crippen LogP contribution in [0.5, 0.6) is 0 Å². The Morgan fingerprint density at radius 3 is 2.82 bits per heavy atom. The lowest BCUT2D eigenvalue weighted by Gasteiger charge is -2.42. The van der Waals surface area contributed by atoms with Crippen LogP contribution in [0.15, 0.2) is 0 Å². The van der Waals surface area contributed by atoms with E-state index in [2.05, 4.69) is 27.5 Å². The molecule has 1 spiro atoms. The summed E-state index contributed by atoms with van der Waals surface area (Å²) in [6, 6.07) is 0. The Labute approximate surface area is 101 Å². The third-order valence-electron chi connectivity index (χ3n) is 4.56. The van der Waals surface area contributed by atoms with Gasteiger partial charge < -0.3 is 10.2 Å². The van der Waals surface area contributed by atoms with Crippen LogP contribution in [-0.2, 0) is 0 Å². The van der Waals surface area contributed by atoms with Gasteiger partial charge in [-0.3, -0.25) is 5.10 Å². The molecule has 1 aromatic rings. The van der Waals surface area contributed by atoms with Crippen molar-refractivity contribution in [3.05, 3.63) is 11.6 Å². The molecule has 2 aliphatic heterocycles. The van der Waals surface area contributed by atoms with Crippen LogP contribution in [0.1, 0.15) is 36.3 Å². The van der Waals surface area contributed by atoms with E-state index in [9.17, 15) is 0 Å². The minimum atomic E-state index is 0.412. The van der Waals surface area contributed by atoms with E-state index in [-0.39, 0.29) is 0 Å². The van der Waals surface area contributed by atoms with Gasteiger partial charge in [0.15, 0.2) is 5.82 Å². The summed E-state index contributed by atoms with van der Waals surface area (Å²) < 4.78 is 0. The molecule has 92 valence electrons. The molecule has 4 rings (SSSR count). The molecule has 1 aromatic heterocycles. The predicted octanol–water partition coefficient (Wildman–Crippen LogP) is 0.301. The summed E-state index contributed by atoms with van der Waals surface area (Å²) in [5, 5.41) is 11.0. The molecule has 1 saturated carbocycles. The minimum Gasteiger partial charge on any atom is -0.315 e. The number of aromatic amines is 1. The van der Waals surface area contributed by atoms with Gasteiger partial charge in [0.05, 0.1) is 0 Å². The Hall–Kier alpha value is -0.940. The van der Waals surface area contributed by atoms with Gasteiger partial charge in [0.25, 0.3) is 0 Å². The molecule has 1 unspecified atom stereocenters. The van der Waals surface area contributed by atoms with Crippen molar-refractivity contribution in [1.29, 1.82) is 0 Å². The van der Waals surface area contributed by atoms with Gasteiger partial charge in [0, 0.05) is 43.4 Å². The van der Waals surface area contributed by atoms with Gasteiger partial charge in [-0.15, -0.1) is 0 Å². The zero-order valence-corrected chi connectivity index (χ0v) is 10.2. The van der Waals surface area contributed by atoms with Gasteiger partial charge in [-0.25, -0.2) is 4.98 Å². The Bertz CT molecular complexity index is 432. The first-order valence-electron chi connectivity index (χ1n) is 6.58. The van der Waals surface area contributed by atoms with Crippen molar-refractivity contribution in [2.75, 3.05) is 33.2 Å². The topological polar surface area (TPSA) is 56.8 Å². The molecule has 2 saturated heterocycles. The lowest BCUT2D eigenvalue weighted by atomic mass is 9.73. The van der Waals surface area contributed by atoms with Gasteiger partial charge in [0.1, 0.15) is 5.82 Å². The molecule has 5 heteroatoms. The van der Waals surface area contributed by atoms with E-state index >= 15 is 0 Å². The lowest BCUT2D eigenvalue weighted by Crippen LogP contribution is -2.57. The number of hydrogen-bond donors (Lipinski definition) is 2. The summed E-state index contributed by atoms with van der Waals surface area (Å²) in [5.41, 5.74) is 0.412. The van der Waals surface area contributed by atoms with E-state index in [1.54, 1.807) is 0 Å². The number of likely N-dealkylation sites (N-methyl/N-ethyl adjacent to an activating group) is 1. The van der Waals surface area contributed by atoms with Crippen LogP contribution in [0.25, 0.3) is 0 Å². The fourth-order valence-electron chi connectivity index (χ4n) is 3.37. The van der Waals surface area contributed by atoms with E-state index in [4.69, 9.17) is 4.98 Å². The van der Waals surface area contributed by atoms with Crippen molar-refractivity contribution in [3.8, 4) is 0 Å². The van der Waals surface area contributed by atoms with Crippen molar-refractivity contribution < 1.29 is 0 Å². The number of aromatic nitrogens is 3. The number of H-pyrrole nitrogens is 1. The Kier molecular flexibility index (Phi) is 1.94. The molecule has 3 fully saturated rings. The van der Waals surface area contributed by atoms with Gasteiger partial charge in [0.2, 0.25) is 0 Å². The fraction of sp³-hybridized carbons (Fsp3) is 0.833. The number of hydrogen-bond acceptors (Lipinski definition) is 4. The molecule has 3 heterocycles. The van der Waals surface area contributed by atoms with Crippen LogP contribution in [0, 0.1) is 5.41 Å². The fourth-order valence-corrected chi connectivity index (χ4v) is 3.37. The van der Waals surface area contributed by atoms with Crippen LogP contribution >= 0.6 is 0 Å². The maximum absolute atomic E-state index is 4.74. The highest BCUT2D eigenvalue weighted by atomic mass is 15.3. The summed E-state index contributed by atoms with van der Waals surface area (Å²) in [6.07, 6.45) is 2.54. The van der Waals surface area contributed by atoms with E-state index < -0.39 is 0 Å². The Balaban J connectivity index is 1.63. The second kappa shape index (κ2) is 3.29. The largest absolute Gasteiger partial charge is 0.315 e. The average molecular weight is 233 g/mol. The zero-order valence-electron chi connectivity index (χ0n) is 10.2. The number of rotatable bonds is 2. The van der Waals surface area contributed by atoms with E-state index in [0.29, 0.717) is 17.3 Å². The highest BCUT2D eigenvalue weighted by molar-refractivity contribution is 5.17. The van der Waals surface area contributed by atoms with Crippen molar-refractivity contribution in [2.24, 2.45) is 5.41 Å². The lowest BCUT2D eigenvalue weighted by molar-refractivity contribution is 0.154. The van der Waals surface area contributed by atoms with Crippen LogP contribution in [0.3, 0.4) is 0 Å². The van der Waals surface area contributed by atoms with Gasteiger partial charge in [-0.2, -0.15) is 5.10 Å². The molecule has 3 aliphatic rings. The summed E-state index contributed by atoms with van der Waals surface area (Å²) in [6.45, 7) is 4.55. The zero-order chi connectivity index (χ0) is 11.5. The molecule has 5 nitrogen and oxygen atoms in total. The SMILES string of the molecule is CN1CC(c2nc(C3CC3)n[nH]2)C2(CNC2)C1. The summed E-state index contributed by atoms with van der Waals surface area (Å²) in [4.78, 5) is 7.17. The number of nitrogens with one attached hydrogen (secondary N) is 2. The highest BCUT2D eigenvalue weighted by Crippen LogP contribution is 2.45. The molecule has 0 bridgehead atoms. The highest BCUT2D eigenvalue weighted by Gasteiger charge is 2.51. The van der Waals surface area contributed by atoms with Crippen LogP contribution in [0.4, 0.5) is 0 Å². The first-order chi connectivity index (χ1) is 8.27. The van der Waals surface area contributed by atoms with E-state index in [1.165, 1.54) is 19.4 Å². The molecule has 1 atom stereocenters. The van der Waals surface area contributed by atoms with Gasteiger partial charge >= 0.3 is 0 Å². The quantitative estimate of drug-likeness (QED) is 0.771. The minimum absolute atomic E-state index is 0.412. The Morgan fingerprint density at radius 2 is 2.18 bits per heavy atom. The standard InChI is InChI=1S/C12H19N5/c1-17-4-9(12(7-17)5-13-6-12)11-14-10(15-16-11)8-2-3-8/h8-9,13H,2-7H2,1H3,(H,14,15,16). The van der Waals surface area contributed by atoms with Crippen LogP contribution in [0.2, 0.25) is 0 Å². The van der Waals surface area contributed by atoms with Crippen molar-refractivity contribution in [1.82, 2.24) is 25.4 Å². The number of likely N-dealkylation sites (tertiary alicyclic amines) is 1. The first kappa shape index (κ1) is 10.0. The normalized spacial score (nSPS) is 31.9. The second-order valence-corrected chi connectivity index (χ2v) is 6.07. The van der Waals surface area contributed by atoms with E-state index in [0.717, 1.165) is 31.3 Å². The summed E-state index contributed by atoms with van der Waals surface area (Å²) in [5.74, 6) is 3.36. The second-order valence-electron chi connectivity index (χ2n) is 6.07. The van der Waals surface area contributed by atoms with Gasteiger partial charge in [-0.05, 0) is 19.9 Å². The predicted molar refractivity (Wildman–Crippen MR) is 63.9 cm³/mol. The molecule has 0 aromatic carbocycles. The monoisotopic (exact) mass is 233 g/mol. The van der Waals surface area contributed by atoms with Crippen LogP contribution < -0.4 is 5.32 Å².